The molecule has 1 N–H and O–H groups in total. The number of anilines is 2. The molecule has 0 radical (unpaired) electrons. The quantitative estimate of drug-likeness (QED) is 0.761. The summed E-state index contributed by atoms with van der Waals surface area (Å²) in [4.78, 5) is 14.3. The minimum absolute atomic E-state index is 0.732. The highest BCUT2D eigenvalue weighted by atomic mass is 32.1. The molecule has 1 saturated heterocycles. The second-order valence-electron chi connectivity index (χ2n) is 6.28. The molecule has 1 fully saturated rings. The number of nitrogens with zero attached hydrogens (tertiary/aromatic N) is 4. The van der Waals surface area contributed by atoms with Gasteiger partial charge in [-0.25, -0.2) is 4.98 Å². The lowest BCUT2D eigenvalue weighted by Gasteiger charge is -2.35. The number of hydrogen-bond donors (Lipinski definition) is 1. The predicted octanol–water partition coefficient (Wildman–Crippen LogP) is 3.45. The van der Waals surface area contributed by atoms with E-state index in [0.717, 1.165) is 56.6 Å². The van der Waals surface area contributed by atoms with Crippen molar-refractivity contribution in [3.05, 3.63) is 47.3 Å². The molecular formula is C19H23N5S. The summed E-state index contributed by atoms with van der Waals surface area (Å²) >= 11 is 1.73. The molecule has 6 heteroatoms. The first-order chi connectivity index (χ1) is 12.3. The molecule has 0 saturated carbocycles. The lowest BCUT2D eigenvalue weighted by atomic mass is 10.2. The van der Waals surface area contributed by atoms with Gasteiger partial charge in [-0.1, -0.05) is 30.3 Å². The highest BCUT2D eigenvalue weighted by Gasteiger charge is 2.21. The molecule has 0 atom stereocenters. The molecule has 3 heterocycles. The molecule has 0 aliphatic carbocycles. The normalized spacial score (nSPS) is 15.6. The molecule has 3 aromatic rings. The van der Waals surface area contributed by atoms with Gasteiger partial charge in [0, 0.05) is 39.3 Å². The number of thiophene rings is 1. The number of nitrogens with one attached hydrogen (secondary N) is 1. The number of aromatic nitrogens is 2. The van der Waals surface area contributed by atoms with Crippen molar-refractivity contribution in [2.75, 3.05) is 42.9 Å². The summed E-state index contributed by atoms with van der Waals surface area (Å²) in [6, 6.07) is 12.8. The van der Waals surface area contributed by atoms with Crippen LogP contribution in [0.1, 0.15) is 12.5 Å². The third-order valence-corrected chi connectivity index (χ3v) is 5.44. The first-order valence-electron chi connectivity index (χ1n) is 8.84. The zero-order valence-corrected chi connectivity index (χ0v) is 15.3. The number of rotatable bonds is 5. The van der Waals surface area contributed by atoms with Crippen LogP contribution >= 0.6 is 11.3 Å². The Balaban J connectivity index is 1.48. The maximum absolute atomic E-state index is 4.79. The van der Waals surface area contributed by atoms with Crippen molar-refractivity contribution in [3.8, 4) is 0 Å². The molecule has 5 nitrogen and oxygen atoms in total. The maximum Gasteiger partial charge on any atom is 0.225 e. The maximum atomic E-state index is 4.79. The Morgan fingerprint density at radius 2 is 1.84 bits per heavy atom. The van der Waals surface area contributed by atoms with Crippen LogP contribution in [0.25, 0.3) is 10.2 Å². The van der Waals surface area contributed by atoms with Crippen LogP contribution in [0.5, 0.6) is 0 Å². The van der Waals surface area contributed by atoms with Gasteiger partial charge >= 0.3 is 0 Å². The van der Waals surface area contributed by atoms with Crippen LogP contribution in [-0.2, 0) is 6.54 Å². The molecule has 1 aliphatic rings. The third-order valence-electron chi connectivity index (χ3n) is 4.54. The van der Waals surface area contributed by atoms with Gasteiger partial charge in [0.15, 0.2) is 5.82 Å². The first-order valence-corrected chi connectivity index (χ1v) is 9.72. The fourth-order valence-corrected chi connectivity index (χ4v) is 4.11. The Kier molecular flexibility index (Phi) is 4.81. The Bertz CT molecular complexity index is 824. The van der Waals surface area contributed by atoms with E-state index >= 15 is 0 Å². The molecule has 2 aromatic heterocycles. The average molecular weight is 353 g/mol. The fourth-order valence-electron chi connectivity index (χ4n) is 3.26. The van der Waals surface area contributed by atoms with Gasteiger partial charge in [0.05, 0.1) is 10.2 Å². The third kappa shape index (κ3) is 3.60. The van der Waals surface area contributed by atoms with Crippen molar-refractivity contribution in [2.24, 2.45) is 0 Å². The Labute approximate surface area is 152 Å². The van der Waals surface area contributed by atoms with E-state index < -0.39 is 0 Å². The monoisotopic (exact) mass is 353 g/mol. The van der Waals surface area contributed by atoms with E-state index in [1.54, 1.807) is 11.3 Å². The van der Waals surface area contributed by atoms with E-state index in [-0.39, 0.29) is 0 Å². The van der Waals surface area contributed by atoms with Crippen molar-refractivity contribution < 1.29 is 0 Å². The van der Waals surface area contributed by atoms with Crippen LogP contribution in [0.4, 0.5) is 11.8 Å². The van der Waals surface area contributed by atoms with Crippen LogP contribution < -0.4 is 10.2 Å². The summed E-state index contributed by atoms with van der Waals surface area (Å²) in [6.07, 6.45) is 0. The number of benzene rings is 1. The van der Waals surface area contributed by atoms with Crippen LogP contribution in [0.2, 0.25) is 0 Å². The number of fused-ring (bicyclic) bond motifs is 1. The van der Waals surface area contributed by atoms with Crippen LogP contribution in [0.15, 0.2) is 41.8 Å². The van der Waals surface area contributed by atoms with Gasteiger partial charge in [-0.3, -0.25) is 4.90 Å². The van der Waals surface area contributed by atoms with E-state index in [1.807, 2.05) is 0 Å². The van der Waals surface area contributed by atoms with Gasteiger partial charge in [-0.2, -0.15) is 4.98 Å². The second kappa shape index (κ2) is 7.37. The lowest BCUT2D eigenvalue weighted by molar-refractivity contribution is 0.249. The summed E-state index contributed by atoms with van der Waals surface area (Å²) < 4.78 is 1.19. The minimum atomic E-state index is 0.732. The van der Waals surface area contributed by atoms with E-state index in [9.17, 15) is 0 Å². The first kappa shape index (κ1) is 16.3. The smallest absolute Gasteiger partial charge is 0.225 e. The van der Waals surface area contributed by atoms with Crippen LogP contribution in [-0.4, -0.2) is 47.6 Å². The highest BCUT2D eigenvalue weighted by molar-refractivity contribution is 7.17. The summed E-state index contributed by atoms with van der Waals surface area (Å²) in [5.41, 5.74) is 2.42. The molecule has 1 aromatic carbocycles. The Hall–Kier alpha value is -2.18. The molecule has 0 spiro atoms. The molecule has 130 valence electrons. The zero-order valence-electron chi connectivity index (χ0n) is 14.5. The van der Waals surface area contributed by atoms with Crippen molar-refractivity contribution >= 4 is 33.3 Å². The highest BCUT2D eigenvalue weighted by Crippen LogP contribution is 2.30. The van der Waals surface area contributed by atoms with Gasteiger partial charge < -0.3 is 10.2 Å². The van der Waals surface area contributed by atoms with Crippen molar-refractivity contribution in [2.45, 2.75) is 13.5 Å². The molecular weight excluding hydrogens is 330 g/mol. The molecule has 0 amide bonds. The molecule has 4 rings (SSSR count). The summed E-state index contributed by atoms with van der Waals surface area (Å²) in [5.74, 6) is 1.81. The van der Waals surface area contributed by atoms with Crippen molar-refractivity contribution in [1.29, 1.82) is 0 Å². The van der Waals surface area contributed by atoms with Gasteiger partial charge in [0.25, 0.3) is 0 Å². The van der Waals surface area contributed by atoms with Crippen LogP contribution in [0.3, 0.4) is 0 Å². The van der Waals surface area contributed by atoms with E-state index in [1.165, 1.54) is 10.3 Å². The van der Waals surface area contributed by atoms with Crippen LogP contribution in [0, 0.1) is 0 Å². The second-order valence-corrected chi connectivity index (χ2v) is 7.20. The SMILES string of the molecule is CCNc1nc(N2CCN(Cc3ccccc3)CC2)c2sccc2n1. The topological polar surface area (TPSA) is 44.3 Å². The van der Waals surface area contributed by atoms with Gasteiger partial charge in [0.2, 0.25) is 5.95 Å². The average Bonchev–Trinajstić information content (AvgIpc) is 3.11. The fraction of sp³-hybridized carbons (Fsp3) is 0.368. The molecule has 25 heavy (non-hydrogen) atoms. The van der Waals surface area contributed by atoms with Gasteiger partial charge in [0.1, 0.15) is 0 Å². The van der Waals surface area contributed by atoms with Gasteiger partial charge in [-0.15, -0.1) is 11.3 Å². The Morgan fingerprint density at radius 3 is 2.60 bits per heavy atom. The molecule has 0 bridgehead atoms. The summed E-state index contributed by atoms with van der Waals surface area (Å²) in [5, 5.41) is 5.36. The standard InChI is InChI=1S/C19H23N5S/c1-2-20-19-21-16-8-13-25-17(16)18(22-19)24-11-9-23(10-12-24)14-15-6-4-3-5-7-15/h3-8,13H,2,9-12,14H2,1H3,(H,20,21,22). The van der Waals surface area contributed by atoms with Gasteiger partial charge in [-0.05, 0) is 23.9 Å². The lowest BCUT2D eigenvalue weighted by Crippen LogP contribution is -2.46. The van der Waals surface area contributed by atoms with E-state index in [0.29, 0.717) is 0 Å². The predicted molar refractivity (Wildman–Crippen MR) is 106 cm³/mol. The largest absolute Gasteiger partial charge is 0.354 e. The minimum Gasteiger partial charge on any atom is -0.354 e. The van der Waals surface area contributed by atoms with E-state index in [4.69, 9.17) is 4.98 Å². The van der Waals surface area contributed by atoms with Crippen molar-refractivity contribution in [3.63, 3.8) is 0 Å². The zero-order chi connectivity index (χ0) is 17.1. The number of piperazine rings is 1. The summed E-state index contributed by atoms with van der Waals surface area (Å²) in [7, 11) is 0. The molecule has 1 aliphatic heterocycles. The number of hydrogen-bond acceptors (Lipinski definition) is 6. The van der Waals surface area contributed by atoms with E-state index in [2.05, 4.69) is 68.8 Å². The molecule has 0 unspecified atom stereocenters. The Morgan fingerprint density at radius 1 is 1.04 bits per heavy atom. The van der Waals surface area contributed by atoms with Crippen molar-refractivity contribution in [1.82, 2.24) is 14.9 Å². The summed E-state index contributed by atoms with van der Waals surface area (Å²) in [6.45, 7) is 8.05.